The van der Waals surface area contributed by atoms with Crippen LogP contribution in [0.25, 0.3) is 0 Å². The van der Waals surface area contributed by atoms with E-state index >= 15 is 0 Å². The Kier molecular flexibility index (Phi) is 5.36. The summed E-state index contributed by atoms with van der Waals surface area (Å²) in [6, 6.07) is 3.26. The van der Waals surface area contributed by atoms with Gasteiger partial charge in [-0.1, -0.05) is 32.4 Å². The van der Waals surface area contributed by atoms with E-state index in [1.54, 1.807) is 12.1 Å². The van der Waals surface area contributed by atoms with E-state index in [-0.39, 0.29) is 24.8 Å². The second kappa shape index (κ2) is 7.08. The Balaban J connectivity index is 1.89. The van der Waals surface area contributed by atoms with Crippen LogP contribution in [0.15, 0.2) is 12.1 Å². The van der Waals surface area contributed by atoms with Crippen molar-refractivity contribution in [2.75, 3.05) is 25.1 Å². The second-order valence-electron chi connectivity index (χ2n) is 6.28. The molecule has 7 heteroatoms. The zero-order chi connectivity index (χ0) is 17.0. The quantitative estimate of drug-likeness (QED) is 0.883. The molecular weight excluding hydrogens is 320 g/mol. The van der Waals surface area contributed by atoms with Gasteiger partial charge in [-0.2, -0.15) is 0 Å². The van der Waals surface area contributed by atoms with Gasteiger partial charge in [0.2, 0.25) is 11.8 Å². The Hall–Kier alpha value is -1.95. The first-order valence-corrected chi connectivity index (χ1v) is 7.82. The van der Waals surface area contributed by atoms with Crippen LogP contribution >= 0.6 is 11.6 Å². The molecule has 0 bridgehead atoms. The molecule has 1 aromatic rings. The average Bonchev–Trinajstić information content (AvgIpc) is 2.47. The maximum absolute atomic E-state index is 12.0. The molecule has 1 heterocycles. The highest BCUT2D eigenvalue weighted by Crippen LogP contribution is 2.37. The summed E-state index contributed by atoms with van der Waals surface area (Å²) in [4.78, 5) is 23.7. The molecule has 6 nitrogen and oxygen atoms in total. The summed E-state index contributed by atoms with van der Waals surface area (Å²) in [5.41, 5.74) is -0.0154. The van der Waals surface area contributed by atoms with Crippen LogP contribution < -0.4 is 20.1 Å². The van der Waals surface area contributed by atoms with E-state index in [0.717, 1.165) is 0 Å². The van der Waals surface area contributed by atoms with Gasteiger partial charge in [0.05, 0.1) is 10.7 Å². The molecule has 1 aliphatic heterocycles. The van der Waals surface area contributed by atoms with E-state index in [1.165, 1.54) is 0 Å². The summed E-state index contributed by atoms with van der Waals surface area (Å²) >= 11 is 6.13. The number of hydrogen-bond acceptors (Lipinski definition) is 4. The van der Waals surface area contributed by atoms with Crippen LogP contribution in [0.4, 0.5) is 5.69 Å². The van der Waals surface area contributed by atoms with Crippen molar-refractivity contribution in [2.24, 2.45) is 5.41 Å². The van der Waals surface area contributed by atoms with Crippen LogP contribution in [0.2, 0.25) is 5.02 Å². The number of fused-ring (bicyclic) bond motifs is 1. The van der Waals surface area contributed by atoms with Gasteiger partial charge in [0.1, 0.15) is 13.2 Å². The Morgan fingerprint density at radius 3 is 2.39 bits per heavy atom. The first-order chi connectivity index (χ1) is 10.8. The normalized spacial score (nSPS) is 13.4. The predicted octanol–water partition coefficient (Wildman–Crippen LogP) is 2.60. The second-order valence-corrected chi connectivity index (χ2v) is 6.69. The minimum Gasteiger partial charge on any atom is -0.486 e. The molecule has 2 rings (SSSR count). The lowest BCUT2D eigenvalue weighted by Crippen LogP contribution is -2.36. The van der Waals surface area contributed by atoms with Crippen LogP contribution in [-0.4, -0.2) is 31.6 Å². The fourth-order valence-electron chi connectivity index (χ4n) is 1.93. The van der Waals surface area contributed by atoms with Crippen LogP contribution in [-0.2, 0) is 9.59 Å². The number of halogens is 1. The Morgan fingerprint density at radius 1 is 1.17 bits per heavy atom. The third-order valence-corrected chi connectivity index (χ3v) is 3.54. The number of carbonyl (C=O) groups excluding carboxylic acids is 2. The fourth-order valence-corrected chi connectivity index (χ4v) is 2.13. The number of anilines is 1. The van der Waals surface area contributed by atoms with Crippen molar-refractivity contribution in [3.05, 3.63) is 17.2 Å². The number of carbonyl (C=O) groups is 2. The Morgan fingerprint density at radius 2 is 1.78 bits per heavy atom. The number of hydrogen-bond donors (Lipinski definition) is 2. The lowest BCUT2D eigenvalue weighted by Gasteiger charge is -2.20. The first kappa shape index (κ1) is 17.4. The highest BCUT2D eigenvalue weighted by molar-refractivity contribution is 6.34. The zero-order valence-corrected chi connectivity index (χ0v) is 14.3. The van der Waals surface area contributed by atoms with E-state index in [2.05, 4.69) is 10.6 Å². The van der Waals surface area contributed by atoms with Crippen molar-refractivity contribution in [1.82, 2.24) is 5.32 Å². The highest BCUT2D eigenvalue weighted by Gasteiger charge is 2.21. The molecule has 0 radical (unpaired) electrons. The van der Waals surface area contributed by atoms with Crippen molar-refractivity contribution in [1.29, 1.82) is 0 Å². The van der Waals surface area contributed by atoms with Crippen molar-refractivity contribution in [3.63, 3.8) is 0 Å². The lowest BCUT2D eigenvalue weighted by molar-refractivity contribution is -0.128. The molecule has 126 valence electrons. The van der Waals surface area contributed by atoms with Gasteiger partial charge in [0.25, 0.3) is 0 Å². The number of amides is 2. The molecule has 0 saturated heterocycles. The SMILES string of the molecule is CC(C)(C)C(=O)NCCC(=O)Nc1cc2c(cc1Cl)OCCO2. The van der Waals surface area contributed by atoms with Gasteiger partial charge >= 0.3 is 0 Å². The molecule has 1 aliphatic rings. The van der Waals surface area contributed by atoms with E-state index in [4.69, 9.17) is 21.1 Å². The average molecular weight is 341 g/mol. The molecule has 2 amide bonds. The summed E-state index contributed by atoms with van der Waals surface area (Å²) in [6.45, 7) is 6.65. The molecule has 0 aromatic heterocycles. The van der Waals surface area contributed by atoms with E-state index in [0.29, 0.717) is 35.4 Å². The predicted molar refractivity (Wildman–Crippen MR) is 88.2 cm³/mol. The van der Waals surface area contributed by atoms with E-state index in [9.17, 15) is 9.59 Å². The maximum Gasteiger partial charge on any atom is 0.226 e. The van der Waals surface area contributed by atoms with Crippen molar-refractivity contribution < 1.29 is 19.1 Å². The minimum atomic E-state index is -0.477. The fraction of sp³-hybridized carbons (Fsp3) is 0.500. The zero-order valence-electron chi connectivity index (χ0n) is 13.5. The van der Waals surface area contributed by atoms with Gasteiger partial charge in [-0.15, -0.1) is 0 Å². The van der Waals surface area contributed by atoms with Crippen LogP contribution in [0.5, 0.6) is 11.5 Å². The molecule has 0 atom stereocenters. The highest BCUT2D eigenvalue weighted by atomic mass is 35.5. The molecule has 0 aliphatic carbocycles. The third kappa shape index (κ3) is 4.76. The molecule has 0 spiro atoms. The van der Waals surface area contributed by atoms with Crippen LogP contribution in [0, 0.1) is 5.41 Å². The molecular formula is C16H21ClN2O4. The number of rotatable bonds is 4. The molecule has 0 unspecified atom stereocenters. The minimum absolute atomic E-state index is 0.0948. The maximum atomic E-state index is 12.0. The summed E-state index contributed by atoms with van der Waals surface area (Å²) < 4.78 is 10.9. The lowest BCUT2D eigenvalue weighted by atomic mass is 9.96. The van der Waals surface area contributed by atoms with Crippen molar-refractivity contribution >= 4 is 29.1 Å². The van der Waals surface area contributed by atoms with E-state index in [1.807, 2.05) is 20.8 Å². The smallest absolute Gasteiger partial charge is 0.226 e. The summed E-state index contributed by atoms with van der Waals surface area (Å²) in [7, 11) is 0. The summed E-state index contributed by atoms with van der Waals surface area (Å²) in [6.07, 6.45) is 0.159. The summed E-state index contributed by atoms with van der Waals surface area (Å²) in [5.74, 6) is 0.786. The largest absolute Gasteiger partial charge is 0.486 e. The van der Waals surface area contributed by atoms with E-state index < -0.39 is 5.41 Å². The molecule has 1 aromatic carbocycles. The van der Waals surface area contributed by atoms with Gasteiger partial charge in [0.15, 0.2) is 11.5 Å². The van der Waals surface area contributed by atoms with Crippen LogP contribution in [0.3, 0.4) is 0 Å². The van der Waals surface area contributed by atoms with Crippen LogP contribution in [0.1, 0.15) is 27.2 Å². The number of ether oxygens (including phenoxy) is 2. The van der Waals surface area contributed by atoms with Gasteiger partial charge < -0.3 is 20.1 Å². The molecule has 23 heavy (non-hydrogen) atoms. The van der Waals surface area contributed by atoms with Gasteiger partial charge in [-0.3, -0.25) is 9.59 Å². The number of benzene rings is 1. The van der Waals surface area contributed by atoms with Gasteiger partial charge in [-0.05, 0) is 0 Å². The molecule has 0 saturated carbocycles. The third-order valence-electron chi connectivity index (χ3n) is 3.22. The molecule has 2 N–H and O–H groups in total. The summed E-state index contributed by atoms with van der Waals surface area (Å²) in [5, 5.41) is 5.82. The van der Waals surface area contributed by atoms with Crippen molar-refractivity contribution in [3.8, 4) is 11.5 Å². The topological polar surface area (TPSA) is 76.7 Å². The number of nitrogens with one attached hydrogen (secondary N) is 2. The Labute approximate surface area is 140 Å². The Bertz CT molecular complexity index is 611. The standard InChI is InChI=1S/C16H21ClN2O4/c1-16(2,3)15(21)18-5-4-14(20)19-11-9-13-12(8-10(11)17)22-6-7-23-13/h8-9H,4-7H2,1-3H3,(H,18,21)(H,19,20). The van der Waals surface area contributed by atoms with Gasteiger partial charge in [0, 0.05) is 30.5 Å². The van der Waals surface area contributed by atoms with Crippen molar-refractivity contribution in [2.45, 2.75) is 27.2 Å². The first-order valence-electron chi connectivity index (χ1n) is 7.44. The molecule has 0 fully saturated rings. The van der Waals surface area contributed by atoms with Gasteiger partial charge in [-0.25, -0.2) is 0 Å². The monoisotopic (exact) mass is 340 g/mol.